The van der Waals surface area contributed by atoms with Gasteiger partial charge in [-0.15, -0.1) is 0 Å². The Bertz CT molecular complexity index is 304. The highest BCUT2D eigenvalue weighted by molar-refractivity contribution is 5.84. The normalized spacial score (nSPS) is 19.9. The molecule has 1 saturated carbocycles. The maximum Gasteiger partial charge on any atom is 0.237 e. The minimum atomic E-state index is -0.545. The van der Waals surface area contributed by atoms with Crippen molar-refractivity contribution < 1.29 is 4.79 Å². The molecule has 1 fully saturated rings. The summed E-state index contributed by atoms with van der Waals surface area (Å²) in [6.45, 7) is 8.32. The van der Waals surface area contributed by atoms with Crippen LogP contribution < -0.4 is 11.1 Å². The van der Waals surface area contributed by atoms with Gasteiger partial charge in [0.1, 0.15) is 0 Å². The van der Waals surface area contributed by atoms with Gasteiger partial charge in [-0.05, 0) is 78.4 Å². The Balaban J connectivity index is 2.24. The van der Waals surface area contributed by atoms with Crippen molar-refractivity contribution in [1.82, 2.24) is 10.2 Å². The summed E-state index contributed by atoms with van der Waals surface area (Å²) < 4.78 is 0. The molecule has 0 bridgehead atoms. The number of carbonyl (C=O) groups excluding carboxylic acids is 1. The number of nitrogens with zero attached hydrogens (tertiary/aromatic N) is 1. The quantitative estimate of drug-likeness (QED) is 0.571. The molecule has 1 rings (SSSR count). The standard InChI is InChI=1S/C16H33N3O/c1-5-11-18-16(3,15(17)20)10-6-7-12-19(4)13(2)14-8-9-14/h13-14,18H,5-12H2,1-4H3,(H2,17,20). The molecule has 3 N–H and O–H groups in total. The predicted octanol–water partition coefficient (Wildman–Crippen LogP) is 2.13. The summed E-state index contributed by atoms with van der Waals surface area (Å²) in [6.07, 6.45) is 6.80. The minimum Gasteiger partial charge on any atom is -0.368 e. The van der Waals surface area contributed by atoms with Crippen molar-refractivity contribution in [2.75, 3.05) is 20.1 Å². The van der Waals surface area contributed by atoms with E-state index in [4.69, 9.17) is 5.73 Å². The molecule has 0 heterocycles. The Hall–Kier alpha value is -0.610. The van der Waals surface area contributed by atoms with Crippen LogP contribution in [0.1, 0.15) is 59.3 Å². The van der Waals surface area contributed by atoms with E-state index in [9.17, 15) is 4.79 Å². The van der Waals surface area contributed by atoms with Gasteiger partial charge in [0.2, 0.25) is 5.91 Å². The molecule has 2 unspecified atom stereocenters. The van der Waals surface area contributed by atoms with E-state index in [1.54, 1.807) is 0 Å². The fourth-order valence-corrected chi connectivity index (χ4v) is 2.68. The summed E-state index contributed by atoms with van der Waals surface area (Å²) in [6, 6.07) is 0.704. The molecule has 118 valence electrons. The van der Waals surface area contributed by atoms with E-state index in [2.05, 4.69) is 31.1 Å². The number of nitrogens with two attached hydrogens (primary N) is 1. The first-order valence-corrected chi connectivity index (χ1v) is 8.16. The van der Waals surface area contributed by atoms with Crippen LogP contribution in [0, 0.1) is 5.92 Å². The zero-order valence-corrected chi connectivity index (χ0v) is 13.7. The topological polar surface area (TPSA) is 58.4 Å². The number of rotatable bonds is 11. The van der Waals surface area contributed by atoms with Crippen LogP contribution in [0.4, 0.5) is 0 Å². The van der Waals surface area contributed by atoms with Gasteiger partial charge in [-0.1, -0.05) is 6.92 Å². The van der Waals surface area contributed by atoms with Crippen molar-refractivity contribution in [2.45, 2.75) is 70.9 Å². The number of primary amides is 1. The number of hydrogen-bond donors (Lipinski definition) is 2. The number of unbranched alkanes of at least 4 members (excludes halogenated alkanes) is 1. The molecular formula is C16H33N3O. The summed E-state index contributed by atoms with van der Waals surface area (Å²) in [5, 5.41) is 3.30. The van der Waals surface area contributed by atoms with Gasteiger partial charge in [-0.25, -0.2) is 0 Å². The molecule has 0 saturated heterocycles. The summed E-state index contributed by atoms with van der Waals surface area (Å²) >= 11 is 0. The van der Waals surface area contributed by atoms with Gasteiger partial charge in [0.05, 0.1) is 5.54 Å². The van der Waals surface area contributed by atoms with Gasteiger partial charge in [0, 0.05) is 6.04 Å². The van der Waals surface area contributed by atoms with Crippen LogP contribution in [0.15, 0.2) is 0 Å². The van der Waals surface area contributed by atoms with E-state index in [1.807, 2.05) is 6.92 Å². The third kappa shape index (κ3) is 5.41. The molecule has 0 aliphatic heterocycles. The number of hydrogen-bond acceptors (Lipinski definition) is 3. The molecule has 4 heteroatoms. The lowest BCUT2D eigenvalue weighted by molar-refractivity contribution is -0.124. The van der Waals surface area contributed by atoms with Crippen molar-refractivity contribution in [3.05, 3.63) is 0 Å². The van der Waals surface area contributed by atoms with Gasteiger partial charge < -0.3 is 16.0 Å². The molecule has 0 spiro atoms. The van der Waals surface area contributed by atoms with Crippen LogP contribution >= 0.6 is 0 Å². The van der Waals surface area contributed by atoms with E-state index in [1.165, 1.54) is 12.8 Å². The van der Waals surface area contributed by atoms with Gasteiger partial charge in [-0.3, -0.25) is 4.79 Å². The average molecular weight is 283 g/mol. The lowest BCUT2D eigenvalue weighted by atomic mass is 9.93. The second-order valence-electron chi connectivity index (χ2n) is 6.64. The molecule has 2 atom stereocenters. The molecule has 1 aliphatic carbocycles. The summed E-state index contributed by atoms with van der Waals surface area (Å²) in [7, 11) is 2.21. The fraction of sp³-hybridized carbons (Fsp3) is 0.938. The molecule has 0 radical (unpaired) electrons. The van der Waals surface area contributed by atoms with Gasteiger partial charge in [-0.2, -0.15) is 0 Å². The van der Waals surface area contributed by atoms with E-state index >= 15 is 0 Å². The third-order valence-corrected chi connectivity index (χ3v) is 4.75. The van der Waals surface area contributed by atoms with Gasteiger partial charge in [0.15, 0.2) is 0 Å². The van der Waals surface area contributed by atoms with Crippen molar-refractivity contribution in [3.8, 4) is 0 Å². The fourth-order valence-electron chi connectivity index (χ4n) is 2.68. The van der Waals surface area contributed by atoms with Crippen LogP contribution in [0.3, 0.4) is 0 Å². The van der Waals surface area contributed by atoms with Crippen molar-refractivity contribution >= 4 is 5.91 Å². The second-order valence-corrected chi connectivity index (χ2v) is 6.64. The monoisotopic (exact) mass is 283 g/mol. The van der Waals surface area contributed by atoms with E-state index in [0.717, 1.165) is 44.7 Å². The number of nitrogens with one attached hydrogen (secondary N) is 1. The Morgan fingerprint density at radius 3 is 2.60 bits per heavy atom. The minimum absolute atomic E-state index is 0.231. The molecule has 0 aromatic carbocycles. The summed E-state index contributed by atoms with van der Waals surface area (Å²) in [5.41, 5.74) is 4.99. The summed E-state index contributed by atoms with van der Waals surface area (Å²) in [4.78, 5) is 14.1. The Labute approximate surface area is 124 Å². The zero-order chi connectivity index (χ0) is 15.2. The SMILES string of the molecule is CCCNC(C)(CCCCN(C)C(C)C1CC1)C(N)=O. The summed E-state index contributed by atoms with van der Waals surface area (Å²) in [5.74, 6) is 0.688. The Morgan fingerprint density at radius 2 is 2.10 bits per heavy atom. The maximum absolute atomic E-state index is 11.6. The van der Waals surface area contributed by atoms with Gasteiger partial charge >= 0.3 is 0 Å². The van der Waals surface area contributed by atoms with Crippen LogP contribution in [-0.4, -0.2) is 42.5 Å². The molecule has 4 nitrogen and oxygen atoms in total. The number of carbonyl (C=O) groups is 1. The van der Waals surface area contributed by atoms with Crippen LogP contribution in [0.25, 0.3) is 0 Å². The number of amides is 1. The first-order valence-electron chi connectivity index (χ1n) is 8.16. The second kappa shape index (κ2) is 7.99. The zero-order valence-electron chi connectivity index (χ0n) is 13.7. The maximum atomic E-state index is 11.6. The Kier molecular flexibility index (Phi) is 6.96. The van der Waals surface area contributed by atoms with Crippen LogP contribution in [0.5, 0.6) is 0 Å². The highest BCUT2D eigenvalue weighted by Crippen LogP contribution is 2.34. The van der Waals surface area contributed by atoms with Crippen molar-refractivity contribution in [3.63, 3.8) is 0 Å². The lowest BCUT2D eigenvalue weighted by Crippen LogP contribution is -2.53. The average Bonchev–Trinajstić information content (AvgIpc) is 3.24. The lowest BCUT2D eigenvalue weighted by Gasteiger charge is -2.28. The molecular weight excluding hydrogens is 250 g/mol. The van der Waals surface area contributed by atoms with Crippen molar-refractivity contribution in [2.24, 2.45) is 11.7 Å². The molecule has 1 aliphatic rings. The predicted molar refractivity (Wildman–Crippen MR) is 84.6 cm³/mol. The smallest absolute Gasteiger partial charge is 0.237 e. The molecule has 0 aromatic heterocycles. The van der Waals surface area contributed by atoms with E-state index in [0.29, 0.717) is 6.04 Å². The highest BCUT2D eigenvalue weighted by atomic mass is 16.1. The first kappa shape index (κ1) is 17.4. The third-order valence-electron chi connectivity index (χ3n) is 4.75. The van der Waals surface area contributed by atoms with Gasteiger partial charge in [0.25, 0.3) is 0 Å². The molecule has 0 aromatic rings. The largest absolute Gasteiger partial charge is 0.368 e. The van der Waals surface area contributed by atoms with E-state index < -0.39 is 5.54 Å². The van der Waals surface area contributed by atoms with E-state index in [-0.39, 0.29) is 5.91 Å². The highest BCUT2D eigenvalue weighted by Gasteiger charge is 2.31. The van der Waals surface area contributed by atoms with Crippen molar-refractivity contribution in [1.29, 1.82) is 0 Å². The first-order chi connectivity index (χ1) is 9.40. The molecule has 20 heavy (non-hydrogen) atoms. The van der Waals surface area contributed by atoms with Crippen LogP contribution in [0.2, 0.25) is 0 Å². The molecule has 1 amide bonds. The Morgan fingerprint density at radius 1 is 1.45 bits per heavy atom. The van der Waals surface area contributed by atoms with Crippen LogP contribution in [-0.2, 0) is 4.79 Å².